The summed E-state index contributed by atoms with van der Waals surface area (Å²) < 4.78 is 0. The Balaban J connectivity index is 1.73. The van der Waals surface area contributed by atoms with Gasteiger partial charge in [-0.2, -0.15) is 0 Å². The number of benzene rings is 2. The predicted molar refractivity (Wildman–Crippen MR) is 84.1 cm³/mol. The Kier molecular flexibility index (Phi) is 3.67. The van der Waals surface area contributed by atoms with Crippen molar-refractivity contribution in [2.75, 3.05) is 5.32 Å². The first-order valence-electron chi connectivity index (χ1n) is 7.26. The van der Waals surface area contributed by atoms with Gasteiger partial charge >= 0.3 is 5.97 Å². The van der Waals surface area contributed by atoms with Crippen LogP contribution in [0.15, 0.2) is 48.5 Å². The molecule has 1 aliphatic carbocycles. The maximum absolute atomic E-state index is 12.1. The molecule has 22 heavy (non-hydrogen) atoms. The first kappa shape index (κ1) is 14.3. The lowest BCUT2D eigenvalue weighted by atomic mass is 10.0. The van der Waals surface area contributed by atoms with Crippen LogP contribution in [0.25, 0.3) is 0 Å². The molecule has 0 radical (unpaired) electrons. The molecule has 1 amide bonds. The quantitative estimate of drug-likeness (QED) is 0.908. The summed E-state index contributed by atoms with van der Waals surface area (Å²) in [5.41, 5.74) is 3.34. The number of rotatable bonds is 4. The first-order valence-corrected chi connectivity index (χ1v) is 7.26. The summed E-state index contributed by atoms with van der Waals surface area (Å²) in [6.45, 7) is 1.92. The highest BCUT2D eigenvalue weighted by molar-refractivity contribution is 6.04. The number of hydrogen-bond donors (Lipinski definition) is 2. The van der Waals surface area contributed by atoms with Crippen molar-refractivity contribution >= 4 is 17.6 Å². The average molecular weight is 295 g/mol. The molecule has 1 fully saturated rings. The van der Waals surface area contributed by atoms with Crippen LogP contribution < -0.4 is 5.32 Å². The van der Waals surface area contributed by atoms with Crippen LogP contribution in [0, 0.1) is 12.8 Å². The third-order valence-corrected chi connectivity index (χ3v) is 4.07. The molecule has 3 rings (SSSR count). The lowest BCUT2D eigenvalue weighted by molar-refractivity contribution is -0.138. The zero-order valence-electron chi connectivity index (χ0n) is 12.2. The first-order chi connectivity index (χ1) is 10.6. The summed E-state index contributed by atoms with van der Waals surface area (Å²) in [5, 5.41) is 11.9. The Morgan fingerprint density at radius 2 is 1.86 bits per heavy atom. The van der Waals surface area contributed by atoms with Crippen molar-refractivity contribution in [1.82, 2.24) is 0 Å². The van der Waals surface area contributed by atoms with Crippen molar-refractivity contribution in [2.45, 2.75) is 19.3 Å². The number of carbonyl (C=O) groups is 2. The maximum atomic E-state index is 12.1. The normalized spacial score (nSPS) is 19.5. The van der Waals surface area contributed by atoms with E-state index < -0.39 is 5.97 Å². The third-order valence-electron chi connectivity index (χ3n) is 4.07. The minimum atomic E-state index is -0.732. The summed E-state index contributed by atoms with van der Waals surface area (Å²) >= 11 is 0. The van der Waals surface area contributed by atoms with Gasteiger partial charge in [0.05, 0.1) is 5.92 Å². The SMILES string of the molecule is Cc1cc([C@@H]2C[C@H]2C(=O)O)ccc1NC(=O)c1ccccc1. The lowest BCUT2D eigenvalue weighted by Crippen LogP contribution is -2.12. The highest BCUT2D eigenvalue weighted by atomic mass is 16.4. The second-order valence-electron chi connectivity index (χ2n) is 5.68. The molecule has 4 nitrogen and oxygen atoms in total. The molecule has 2 N–H and O–H groups in total. The average Bonchev–Trinajstić information content (AvgIpc) is 3.31. The van der Waals surface area contributed by atoms with Crippen molar-refractivity contribution in [3.8, 4) is 0 Å². The molecule has 1 saturated carbocycles. The van der Waals surface area contributed by atoms with Crippen molar-refractivity contribution in [2.24, 2.45) is 5.92 Å². The molecule has 0 spiro atoms. The fourth-order valence-electron chi connectivity index (χ4n) is 2.68. The number of carbonyl (C=O) groups excluding carboxylic acids is 1. The molecule has 112 valence electrons. The van der Waals surface area contributed by atoms with Crippen molar-refractivity contribution in [3.05, 3.63) is 65.2 Å². The van der Waals surface area contributed by atoms with E-state index >= 15 is 0 Å². The molecular formula is C18H17NO3. The van der Waals surface area contributed by atoms with Gasteiger partial charge in [0.15, 0.2) is 0 Å². The van der Waals surface area contributed by atoms with Crippen LogP contribution in [0.4, 0.5) is 5.69 Å². The zero-order valence-corrected chi connectivity index (χ0v) is 12.2. The molecule has 0 aliphatic heterocycles. The molecule has 2 aromatic rings. The second-order valence-corrected chi connectivity index (χ2v) is 5.68. The fourth-order valence-corrected chi connectivity index (χ4v) is 2.68. The van der Waals surface area contributed by atoms with Gasteiger partial charge in [0.2, 0.25) is 0 Å². The van der Waals surface area contributed by atoms with Gasteiger partial charge in [0, 0.05) is 11.3 Å². The van der Waals surface area contributed by atoms with Crippen LogP contribution >= 0.6 is 0 Å². The van der Waals surface area contributed by atoms with Gasteiger partial charge in [-0.1, -0.05) is 30.3 Å². The Hall–Kier alpha value is -2.62. The highest BCUT2D eigenvalue weighted by Gasteiger charge is 2.44. The van der Waals surface area contributed by atoms with Crippen LogP contribution in [0.2, 0.25) is 0 Å². The maximum Gasteiger partial charge on any atom is 0.307 e. The Bertz CT molecular complexity index is 724. The van der Waals surface area contributed by atoms with Gasteiger partial charge in [-0.3, -0.25) is 9.59 Å². The van der Waals surface area contributed by atoms with Gasteiger partial charge in [0.25, 0.3) is 5.91 Å². The van der Waals surface area contributed by atoms with E-state index in [0.29, 0.717) is 12.0 Å². The Labute approximate surface area is 128 Å². The van der Waals surface area contributed by atoms with E-state index in [0.717, 1.165) is 16.8 Å². The van der Waals surface area contributed by atoms with Crippen LogP contribution in [0.1, 0.15) is 33.8 Å². The Morgan fingerprint density at radius 1 is 1.14 bits per heavy atom. The molecule has 0 unspecified atom stereocenters. The molecule has 0 heterocycles. The minimum absolute atomic E-state index is 0.107. The number of carboxylic acids is 1. The number of aryl methyl sites for hydroxylation is 1. The van der Waals surface area contributed by atoms with E-state index in [1.165, 1.54) is 0 Å². The van der Waals surface area contributed by atoms with E-state index in [4.69, 9.17) is 5.11 Å². The molecule has 0 saturated heterocycles. The number of hydrogen-bond acceptors (Lipinski definition) is 2. The zero-order chi connectivity index (χ0) is 15.7. The van der Waals surface area contributed by atoms with E-state index in [1.54, 1.807) is 12.1 Å². The molecule has 0 aromatic heterocycles. The van der Waals surface area contributed by atoms with Gasteiger partial charge in [-0.25, -0.2) is 0 Å². The molecule has 2 aromatic carbocycles. The van der Waals surface area contributed by atoms with Crippen LogP contribution in [-0.4, -0.2) is 17.0 Å². The number of nitrogens with one attached hydrogen (secondary N) is 1. The third kappa shape index (κ3) is 2.86. The minimum Gasteiger partial charge on any atom is -0.481 e. The largest absolute Gasteiger partial charge is 0.481 e. The molecular weight excluding hydrogens is 278 g/mol. The Morgan fingerprint density at radius 3 is 2.45 bits per heavy atom. The van der Waals surface area contributed by atoms with Crippen LogP contribution in [0.3, 0.4) is 0 Å². The van der Waals surface area contributed by atoms with Crippen LogP contribution in [0.5, 0.6) is 0 Å². The lowest BCUT2D eigenvalue weighted by Gasteiger charge is -2.10. The topological polar surface area (TPSA) is 66.4 Å². The van der Waals surface area contributed by atoms with Gasteiger partial charge in [0.1, 0.15) is 0 Å². The van der Waals surface area contributed by atoms with Gasteiger partial charge in [-0.05, 0) is 48.6 Å². The van der Waals surface area contributed by atoms with Crippen molar-refractivity contribution < 1.29 is 14.7 Å². The standard InChI is InChI=1S/C18H17NO3/c1-11-9-13(14-10-15(14)18(21)22)7-8-16(11)19-17(20)12-5-3-2-4-6-12/h2-9,14-15H,10H2,1H3,(H,19,20)(H,21,22)/t14-,15+/m0/s1. The highest BCUT2D eigenvalue weighted by Crippen LogP contribution is 2.48. The monoisotopic (exact) mass is 295 g/mol. The van der Waals surface area contributed by atoms with Crippen LogP contribution in [-0.2, 0) is 4.79 Å². The summed E-state index contributed by atoms with van der Waals surface area (Å²) in [4.78, 5) is 23.1. The van der Waals surface area contributed by atoms with Crippen molar-refractivity contribution in [1.29, 1.82) is 0 Å². The summed E-state index contributed by atoms with van der Waals surface area (Å²) in [7, 11) is 0. The summed E-state index contributed by atoms with van der Waals surface area (Å²) in [6, 6.07) is 14.8. The molecule has 1 aliphatic rings. The summed E-state index contributed by atoms with van der Waals surface area (Å²) in [5.74, 6) is -1.03. The number of aliphatic carboxylic acids is 1. The predicted octanol–water partition coefficient (Wildman–Crippen LogP) is 3.44. The number of amides is 1. The molecule has 0 bridgehead atoms. The number of anilines is 1. The van der Waals surface area contributed by atoms with Gasteiger partial charge < -0.3 is 10.4 Å². The second kappa shape index (κ2) is 5.64. The van der Waals surface area contributed by atoms with E-state index in [9.17, 15) is 9.59 Å². The number of carboxylic acid groups (broad SMARTS) is 1. The van der Waals surface area contributed by atoms with Crippen molar-refractivity contribution in [3.63, 3.8) is 0 Å². The fraction of sp³-hybridized carbons (Fsp3) is 0.222. The van der Waals surface area contributed by atoms with E-state index in [2.05, 4.69) is 5.32 Å². The van der Waals surface area contributed by atoms with E-state index in [-0.39, 0.29) is 17.7 Å². The van der Waals surface area contributed by atoms with Gasteiger partial charge in [-0.15, -0.1) is 0 Å². The smallest absolute Gasteiger partial charge is 0.307 e. The summed E-state index contributed by atoms with van der Waals surface area (Å²) in [6.07, 6.45) is 0.699. The molecule has 2 atom stereocenters. The molecule has 4 heteroatoms. The van der Waals surface area contributed by atoms with E-state index in [1.807, 2.05) is 43.3 Å².